The van der Waals surface area contributed by atoms with Crippen molar-refractivity contribution in [1.82, 2.24) is 5.32 Å². The van der Waals surface area contributed by atoms with Crippen molar-refractivity contribution in [3.05, 3.63) is 29.3 Å². The van der Waals surface area contributed by atoms with Gasteiger partial charge in [-0.3, -0.25) is 0 Å². The molecule has 0 saturated heterocycles. The van der Waals surface area contributed by atoms with Crippen LogP contribution in [0.2, 0.25) is 0 Å². The molecule has 1 aromatic carbocycles. The van der Waals surface area contributed by atoms with Crippen molar-refractivity contribution in [3.63, 3.8) is 0 Å². The van der Waals surface area contributed by atoms with Crippen LogP contribution in [0.5, 0.6) is 5.75 Å². The zero-order chi connectivity index (χ0) is 13.2. The highest BCUT2D eigenvalue weighted by molar-refractivity contribution is 5.39. The Morgan fingerprint density at radius 3 is 2.83 bits per heavy atom. The van der Waals surface area contributed by atoms with E-state index in [1.807, 2.05) is 0 Å². The summed E-state index contributed by atoms with van der Waals surface area (Å²) in [6, 6.07) is 7.01. The van der Waals surface area contributed by atoms with Crippen molar-refractivity contribution in [2.24, 2.45) is 0 Å². The summed E-state index contributed by atoms with van der Waals surface area (Å²) in [5, 5.41) is 3.80. The summed E-state index contributed by atoms with van der Waals surface area (Å²) in [5.41, 5.74) is 3.12. The fourth-order valence-electron chi connectivity index (χ4n) is 2.64. The molecule has 2 rings (SSSR count). The normalized spacial score (nSPS) is 19.4. The molecule has 0 radical (unpaired) electrons. The van der Waals surface area contributed by atoms with Gasteiger partial charge in [-0.2, -0.15) is 0 Å². The van der Waals surface area contributed by atoms with E-state index in [0.29, 0.717) is 6.04 Å². The molecule has 0 aliphatic heterocycles. The summed E-state index contributed by atoms with van der Waals surface area (Å²) >= 11 is 0. The molecule has 0 saturated carbocycles. The Morgan fingerprint density at radius 1 is 1.39 bits per heavy atom. The van der Waals surface area contributed by atoms with Crippen LogP contribution < -0.4 is 10.1 Å². The monoisotopic (exact) mass is 247 g/mol. The zero-order valence-corrected chi connectivity index (χ0v) is 12.0. The Morgan fingerprint density at radius 2 is 2.17 bits per heavy atom. The second kappa shape index (κ2) is 5.31. The zero-order valence-electron chi connectivity index (χ0n) is 12.0. The first-order valence-corrected chi connectivity index (χ1v) is 7.00. The summed E-state index contributed by atoms with van der Waals surface area (Å²) in [6.45, 7) is 6.81. The van der Waals surface area contributed by atoms with Crippen LogP contribution in [0.25, 0.3) is 0 Å². The molecule has 0 bridgehead atoms. The maximum Gasteiger partial charge on any atom is 0.119 e. The van der Waals surface area contributed by atoms with E-state index in [0.717, 1.165) is 12.2 Å². The van der Waals surface area contributed by atoms with Crippen molar-refractivity contribution in [3.8, 4) is 5.75 Å². The van der Waals surface area contributed by atoms with E-state index < -0.39 is 0 Å². The lowest BCUT2D eigenvalue weighted by atomic mass is 9.85. The molecule has 1 aliphatic rings. The molecule has 18 heavy (non-hydrogen) atoms. The van der Waals surface area contributed by atoms with Gasteiger partial charge in [0.1, 0.15) is 5.75 Å². The number of aryl methyl sites for hydroxylation is 1. The van der Waals surface area contributed by atoms with E-state index in [-0.39, 0.29) is 5.54 Å². The Balaban J connectivity index is 2.23. The average molecular weight is 247 g/mol. The van der Waals surface area contributed by atoms with E-state index >= 15 is 0 Å². The minimum absolute atomic E-state index is 0.208. The Kier molecular flexibility index (Phi) is 3.96. The van der Waals surface area contributed by atoms with Crippen LogP contribution in [0.3, 0.4) is 0 Å². The first-order valence-electron chi connectivity index (χ1n) is 7.00. The van der Waals surface area contributed by atoms with Gasteiger partial charge in [0.15, 0.2) is 0 Å². The van der Waals surface area contributed by atoms with Gasteiger partial charge >= 0.3 is 0 Å². The lowest BCUT2D eigenvalue weighted by molar-refractivity contribution is 0.305. The minimum Gasteiger partial charge on any atom is -0.497 e. The predicted molar refractivity (Wildman–Crippen MR) is 76.2 cm³/mol. The first-order chi connectivity index (χ1) is 8.55. The van der Waals surface area contributed by atoms with Crippen LogP contribution >= 0.6 is 0 Å². The maximum atomic E-state index is 5.32. The highest BCUT2D eigenvalue weighted by atomic mass is 16.5. The summed E-state index contributed by atoms with van der Waals surface area (Å²) in [5.74, 6) is 0.976. The number of fused-ring (bicyclic) bond motifs is 1. The molecule has 2 heteroatoms. The number of methoxy groups -OCH3 is 1. The SMILES string of the molecule is CCC(C)(C)NC1CCCc2cc(OC)ccc21. The molecule has 100 valence electrons. The van der Waals surface area contributed by atoms with Gasteiger partial charge in [-0.25, -0.2) is 0 Å². The van der Waals surface area contributed by atoms with Crippen molar-refractivity contribution >= 4 is 0 Å². The largest absolute Gasteiger partial charge is 0.497 e. The average Bonchev–Trinajstić information content (AvgIpc) is 2.38. The quantitative estimate of drug-likeness (QED) is 0.872. The fourth-order valence-corrected chi connectivity index (χ4v) is 2.64. The van der Waals surface area contributed by atoms with Gasteiger partial charge in [0.05, 0.1) is 7.11 Å². The second-order valence-electron chi connectivity index (χ2n) is 5.89. The number of rotatable bonds is 4. The van der Waals surface area contributed by atoms with Gasteiger partial charge in [0.2, 0.25) is 0 Å². The third-order valence-electron chi connectivity index (χ3n) is 4.11. The summed E-state index contributed by atoms with van der Waals surface area (Å²) in [7, 11) is 1.74. The highest BCUT2D eigenvalue weighted by Gasteiger charge is 2.25. The molecular formula is C16H25NO. The predicted octanol–water partition coefficient (Wildman–Crippen LogP) is 3.85. The lowest BCUT2D eigenvalue weighted by Crippen LogP contribution is -2.42. The van der Waals surface area contributed by atoms with Crippen LogP contribution in [-0.2, 0) is 6.42 Å². The highest BCUT2D eigenvalue weighted by Crippen LogP contribution is 2.33. The van der Waals surface area contributed by atoms with Crippen LogP contribution in [0.15, 0.2) is 18.2 Å². The van der Waals surface area contributed by atoms with Crippen molar-refractivity contribution in [1.29, 1.82) is 0 Å². The third kappa shape index (κ3) is 2.86. The number of hydrogen-bond acceptors (Lipinski definition) is 2. The summed E-state index contributed by atoms with van der Waals surface area (Å²) < 4.78 is 5.32. The van der Waals surface area contributed by atoms with Gasteiger partial charge < -0.3 is 10.1 Å². The van der Waals surface area contributed by atoms with Crippen molar-refractivity contribution in [2.75, 3.05) is 7.11 Å². The maximum absolute atomic E-state index is 5.32. The molecule has 0 fully saturated rings. The first kappa shape index (κ1) is 13.4. The summed E-state index contributed by atoms with van der Waals surface area (Å²) in [4.78, 5) is 0. The third-order valence-corrected chi connectivity index (χ3v) is 4.11. The molecule has 0 heterocycles. The lowest BCUT2D eigenvalue weighted by Gasteiger charge is -2.34. The van der Waals surface area contributed by atoms with Gasteiger partial charge in [-0.1, -0.05) is 13.0 Å². The van der Waals surface area contributed by atoms with Crippen LogP contribution in [-0.4, -0.2) is 12.6 Å². The number of ether oxygens (including phenoxy) is 1. The number of hydrogen-bond donors (Lipinski definition) is 1. The second-order valence-corrected chi connectivity index (χ2v) is 5.89. The van der Waals surface area contributed by atoms with Crippen LogP contribution in [0.4, 0.5) is 0 Å². The van der Waals surface area contributed by atoms with E-state index in [1.54, 1.807) is 7.11 Å². The van der Waals surface area contributed by atoms with Crippen LogP contribution in [0.1, 0.15) is 57.2 Å². The van der Waals surface area contributed by atoms with Crippen LogP contribution in [0, 0.1) is 0 Å². The fraction of sp³-hybridized carbons (Fsp3) is 0.625. The van der Waals surface area contributed by atoms with E-state index in [1.165, 1.54) is 30.4 Å². The van der Waals surface area contributed by atoms with Crippen molar-refractivity contribution < 1.29 is 4.74 Å². The molecule has 1 aliphatic carbocycles. The number of nitrogens with one attached hydrogen (secondary N) is 1. The minimum atomic E-state index is 0.208. The van der Waals surface area contributed by atoms with Gasteiger partial charge in [0.25, 0.3) is 0 Å². The molecule has 1 N–H and O–H groups in total. The Bertz CT molecular complexity index is 412. The van der Waals surface area contributed by atoms with Gasteiger partial charge in [-0.15, -0.1) is 0 Å². The number of benzene rings is 1. The molecule has 0 amide bonds. The van der Waals surface area contributed by atoms with E-state index in [4.69, 9.17) is 4.74 Å². The van der Waals surface area contributed by atoms with Gasteiger partial charge in [0, 0.05) is 11.6 Å². The van der Waals surface area contributed by atoms with E-state index in [9.17, 15) is 0 Å². The molecule has 0 aromatic heterocycles. The molecule has 0 spiro atoms. The smallest absolute Gasteiger partial charge is 0.119 e. The Hall–Kier alpha value is -1.02. The molecule has 1 atom stereocenters. The molecule has 2 nitrogen and oxygen atoms in total. The molecule has 1 unspecified atom stereocenters. The Labute approximate surface area is 111 Å². The van der Waals surface area contributed by atoms with E-state index in [2.05, 4.69) is 44.3 Å². The summed E-state index contributed by atoms with van der Waals surface area (Å²) in [6.07, 6.45) is 4.83. The molecular weight excluding hydrogens is 222 g/mol. The van der Waals surface area contributed by atoms with Gasteiger partial charge in [-0.05, 0) is 62.8 Å². The van der Waals surface area contributed by atoms with Crippen molar-refractivity contribution in [2.45, 2.75) is 58.0 Å². The topological polar surface area (TPSA) is 21.3 Å². The standard InChI is InChI=1S/C16H25NO/c1-5-16(2,3)17-15-8-6-7-12-11-13(18-4)9-10-14(12)15/h9-11,15,17H,5-8H2,1-4H3. The molecule has 1 aromatic rings.